The van der Waals surface area contributed by atoms with Gasteiger partial charge in [0.25, 0.3) is 5.91 Å². The van der Waals surface area contributed by atoms with Gasteiger partial charge < -0.3 is 29.5 Å². The van der Waals surface area contributed by atoms with Gasteiger partial charge in [0.05, 0.1) is 24.2 Å². The number of carbonyl (C=O) groups is 3. The second-order valence-electron chi connectivity index (χ2n) is 9.97. The quantitative estimate of drug-likeness (QED) is 0.398. The third-order valence-corrected chi connectivity index (χ3v) is 6.95. The van der Waals surface area contributed by atoms with Crippen LogP contribution < -0.4 is 14.8 Å². The van der Waals surface area contributed by atoms with Gasteiger partial charge >= 0.3 is 12.1 Å². The summed E-state index contributed by atoms with van der Waals surface area (Å²) in [7, 11) is 0. The average molecular weight is 554 g/mol. The van der Waals surface area contributed by atoms with Crippen LogP contribution in [0.15, 0.2) is 54.9 Å². The van der Waals surface area contributed by atoms with Gasteiger partial charge in [0.1, 0.15) is 23.2 Å². The number of aliphatic carboxylic acids is 1. The van der Waals surface area contributed by atoms with E-state index in [1.165, 1.54) is 11.3 Å². The summed E-state index contributed by atoms with van der Waals surface area (Å²) in [4.78, 5) is 43.7. The molecular weight excluding hydrogens is 522 g/mol. The monoisotopic (exact) mass is 553 g/mol. The Hall–Kier alpha value is -4.12. The minimum absolute atomic E-state index is 0.176. The van der Waals surface area contributed by atoms with Crippen LogP contribution in [-0.4, -0.2) is 58.3 Å². The molecule has 0 radical (unpaired) electrons. The van der Waals surface area contributed by atoms with Crippen molar-refractivity contribution in [2.75, 3.05) is 19.7 Å². The van der Waals surface area contributed by atoms with Crippen molar-refractivity contribution in [2.24, 2.45) is 0 Å². The SMILES string of the molecule is CC(C)(C)OC(=O)N1CCc2sc(C(=O)NCC(Oc3cccnc3)c3ccc(OCC(=O)O)cc3)cc2C1. The van der Waals surface area contributed by atoms with E-state index in [1.807, 2.05) is 26.8 Å². The van der Waals surface area contributed by atoms with Crippen LogP contribution in [0.25, 0.3) is 0 Å². The summed E-state index contributed by atoms with van der Waals surface area (Å²) in [5.74, 6) is -0.349. The molecular formula is C28H31N3O7S. The van der Waals surface area contributed by atoms with E-state index >= 15 is 0 Å². The topological polar surface area (TPSA) is 127 Å². The molecule has 0 aliphatic carbocycles. The minimum Gasteiger partial charge on any atom is -0.482 e. The van der Waals surface area contributed by atoms with E-state index in [9.17, 15) is 14.4 Å². The van der Waals surface area contributed by atoms with Crippen LogP contribution in [0.2, 0.25) is 0 Å². The van der Waals surface area contributed by atoms with Crippen molar-refractivity contribution in [3.05, 3.63) is 75.7 Å². The molecule has 3 aromatic rings. The Labute approximate surface area is 230 Å². The number of benzene rings is 1. The lowest BCUT2D eigenvalue weighted by atomic mass is 10.1. The van der Waals surface area contributed by atoms with E-state index in [0.717, 1.165) is 16.0 Å². The minimum atomic E-state index is -1.06. The van der Waals surface area contributed by atoms with Crippen LogP contribution >= 0.6 is 11.3 Å². The van der Waals surface area contributed by atoms with Gasteiger partial charge in [-0.15, -0.1) is 11.3 Å². The molecule has 0 spiro atoms. The molecule has 2 aromatic heterocycles. The molecule has 1 aliphatic heterocycles. The maximum atomic E-state index is 13.1. The Morgan fingerprint density at radius 1 is 1.15 bits per heavy atom. The standard InChI is InChI=1S/C28H31N3O7S/c1-28(2,3)38-27(35)31-12-10-23-19(16-31)13-24(39-23)26(34)30-15-22(37-21-5-4-11-29-14-21)18-6-8-20(9-7-18)36-17-25(32)33/h4-9,11,13-14,22H,10,12,15-17H2,1-3H3,(H,30,34)(H,32,33). The molecule has 0 fully saturated rings. The van der Waals surface area contributed by atoms with Gasteiger partial charge in [-0.3, -0.25) is 9.78 Å². The smallest absolute Gasteiger partial charge is 0.410 e. The molecule has 1 aromatic carbocycles. The van der Waals surface area contributed by atoms with E-state index in [0.29, 0.717) is 35.9 Å². The normalized spacial score (nSPS) is 13.7. The molecule has 2 N–H and O–H groups in total. The van der Waals surface area contributed by atoms with E-state index in [-0.39, 0.29) is 18.5 Å². The van der Waals surface area contributed by atoms with Crippen molar-refractivity contribution in [3.8, 4) is 11.5 Å². The van der Waals surface area contributed by atoms with Crippen LogP contribution in [0, 0.1) is 0 Å². The fourth-order valence-corrected chi connectivity index (χ4v) is 5.01. The van der Waals surface area contributed by atoms with Crippen LogP contribution in [0.4, 0.5) is 4.79 Å². The number of nitrogens with zero attached hydrogens (tertiary/aromatic N) is 2. The summed E-state index contributed by atoms with van der Waals surface area (Å²) >= 11 is 1.43. The number of carboxylic acids is 1. The third kappa shape index (κ3) is 7.93. The number of nitrogens with one attached hydrogen (secondary N) is 1. The number of carboxylic acid groups (broad SMARTS) is 1. The average Bonchev–Trinajstić information content (AvgIpc) is 3.33. The zero-order valence-corrected chi connectivity index (χ0v) is 22.8. The van der Waals surface area contributed by atoms with E-state index in [2.05, 4.69) is 10.3 Å². The number of hydrogen-bond acceptors (Lipinski definition) is 8. The fraction of sp³-hybridized carbons (Fsp3) is 0.357. The fourth-order valence-electron chi connectivity index (χ4n) is 3.93. The van der Waals surface area contributed by atoms with Crippen LogP contribution in [-0.2, 0) is 22.5 Å². The highest BCUT2D eigenvalue weighted by Crippen LogP contribution is 2.29. The first-order chi connectivity index (χ1) is 18.6. The molecule has 10 nitrogen and oxygen atoms in total. The highest BCUT2D eigenvalue weighted by molar-refractivity contribution is 7.14. The molecule has 1 unspecified atom stereocenters. The molecule has 4 rings (SSSR count). The number of carbonyl (C=O) groups excluding carboxylic acids is 2. The van der Waals surface area contributed by atoms with Crippen LogP contribution in [0.3, 0.4) is 0 Å². The second kappa shape index (κ2) is 12.2. The van der Waals surface area contributed by atoms with E-state index in [4.69, 9.17) is 19.3 Å². The highest BCUT2D eigenvalue weighted by Gasteiger charge is 2.28. The molecule has 11 heteroatoms. The van der Waals surface area contributed by atoms with Crippen LogP contribution in [0.1, 0.15) is 52.6 Å². The Morgan fingerprint density at radius 2 is 1.92 bits per heavy atom. The zero-order chi connectivity index (χ0) is 28.0. The molecule has 39 heavy (non-hydrogen) atoms. The summed E-state index contributed by atoms with van der Waals surface area (Å²) in [5.41, 5.74) is 1.14. The first-order valence-electron chi connectivity index (χ1n) is 12.5. The van der Waals surface area contributed by atoms with Crippen LogP contribution in [0.5, 0.6) is 11.5 Å². The maximum Gasteiger partial charge on any atom is 0.410 e. The van der Waals surface area contributed by atoms with Gasteiger partial charge in [-0.1, -0.05) is 12.1 Å². The van der Waals surface area contributed by atoms with Gasteiger partial charge in [0.2, 0.25) is 0 Å². The summed E-state index contributed by atoms with van der Waals surface area (Å²) in [6.07, 6.45) is 2.99. The van der Waals surface area contributed by atoms with Gasteiger partial charge in [-0.05, 0) is 68.7 Å². The number of rotatable bonds is 9. The number of fused-ring (bicyclic) bond motifs is 1. The lowest BCUT2D eigenvalue weighted by Crippen LogP contribution is -2.39. The first kappa shape index (κ1) is 27.9. The van der Waals surface area contributed by atoms with Crippen molar-refractivity contribution in [1.29, 1.82) is 0 Å². The van der Waals surface area contributed by atoms with Crippen molar-refractivity contribution in [2.45, 2.75) is 45.4 Å². The number of amides is 2. The summed E-state index contributed by atoms with van der Waals surface area (Å²) in [6, 6.07) is 12.2. The predicted octanol–water partition coefficient (Wildman–Crippen LogP) is 4.45. The second-order valence-corrected chi connectivity index (χ2v) is 11.1. The number of aromatic nitrogens is 1. The van der Waals surface area contributed by atoms with Crippen molar-refractivity contribution in [3.63, 3.8) is 0 Å². The lowest BCUT2D eigenvalue weighted by molar-refractivity contribution is -0.139. The lowest BCUT2D eigenvalue weighted by Gasteiger charge is -2.29. The predicted molar refractivity (Wildman–Crippen MR) is 144 cm³/mol. The Morgan fingerprint density at radius 3 is 2.59 bits per heavy atom. The van der Waals surface area contributed by atoms with E-state index < -0.39 is 24.3 Å². The number of ether oxygens (including phenoxy) is 3. The van der Waals surface area contributed by atoms with Crippen molar-refractivity contribution < 1.29 is 33.7 Å². The molecule has 0 saturated carbocycles. The Kier molecular flexibility index (Phi) is 8.70. The molecule has 0 saturated heterocycles. The summed E-state index contributed by atoms with van der Waals surface area (Å²) in [5, 5.41) is 11.8. The maximum absolute atomic E-state index is 13.1. The van der Waals surface area contributed by atoms with Gasteiger partial charge in [0, 0.05) is 17.6 Å². The van der Waals surface area contributed by atoms with Gasteiger partial charge in [0.15, 0.2) is 6.61 Å². The number of thiophene rings is 1. The molecule has 2 amide bonds. The number of hydrogen-bond donors (Lipinski definition) is 2. The third-order valence-electron chi connectivity index (χ3n) is 5.72. The largest absolute Gasteiger partial charge is 0.482 e. The van der Waals surface area contributed by atoms with E-state index in [1.54, 1.807) is 53.7 Å². The molecule has 1 aliphatic rings. The van der Waals surface area contributed by atoms with Crippen molar-refractivity contribution in [1.82, 2.24) is 15.2 Å². The highest BCUT2D eigenvalue weighted by atomic mass is 32.1. The van der Waals surface area contributed by atoms with Crippen molar-refractivity contribution >= 4 is 29.3 Å². The van der Waals surface area contributed by atoms with Gasteiger partial charge in [-0.25, -0.2) is 9.59 Å². The Balaban J connectivity index is 1.42. The first-order valence-corrected chi connectivity index (χ1v) is 13.3. The zero-order valence-electron chi connectivity index (χ0n) is 22.0. The Bertz CT molecular complexity index is 1300. The molecule has 1 atom stereocenters. The summed E-state index contributed by atoms with van der Waals surface area (Å²) < 4.78 is 16.8. The molecule has 206 valence electrons. The molecule has 3 heterocycles. The molecule has 0 bridgehead atoms. The summed E-state index contributed by atoms with van der Waals surface area (Å²) in [6.45, 7) is 6.18. The number of pyridine rings is 1. The van der Waals surface area contributed by atoms with Gasteiger partial charge in [-0.2, -0.15) is 0 Å².